The van der Waals surface area contributed by atoms with Crippen LogP contribution in [-0.4, -0.2) is 59.1 Å². The predicted octanol–water partition coefficient (Wildman–Crippen LogP) is 3.11. The fourth-order valence-electron chi connectivity index (χ4n) is 3.80. The van der Waals surface area contributed by atoms with Crippen molar-refractivity contribution in [2.45, 2.75) is 53.3 Å². The van der Waals surface area contributed by atoms with Crippen LogP contribution in [0.5, 0.6) is 0 Å². The van der Waals surface area contributed by atoms with Crippen molar-refractivity contribution < 1.29 is 26.7 Å². The number of nitrogens with one attached hydrogen (secondary N) is 2. The van der Waals surface area contributed by atoms with Crippen LogP contribution in [-0.2, 0) is 19.9 Å². The van der Waals surface area contributed by atoms with Crippen molar-refractivity contribution in [1.82, 2.24) is 9.62 Å². The van der Waals surface area contributed by atoms with Crippen molar-refractivity contribution in [3.05, 3.63) is 48.0 Å². The molecular weight excluding hydrogens is 466 g/mol. The Kier molecular flexibility index (Phi) is 7.35. The van der Waals surface area contributed by atoms with Gasteiger partial charge in [-0.15, -0.1) is 0 Å². The highest BCUT2D eigenvalue weighted by atomic mass is 32.2. The Hall–Kier alpha value is -2.63. The quantitative estimate of drug-likeness (QED) is 0.537. The summed E-state index contributed by atoms with van der Waals surface area (Å²) >= 11 is 0. The van der Waals surface area contributed by atoms with E-state index in [4.69, 9.17) is 5.11 Å². The molecule has 1 aliphatic rings. The second-order valence-corrected chi connectivity index (χ2v) is 11.9. The minimum atomic E-state index is -4.04. The number of hydrogen-bond donors (Lipinski definition) is 3. The fraction of sp³-hybridized carbons (Fsp3) is 0.409. The first-order chi connectivity index (χ1) is 15.5. The minimum absolute atomic E-state index is 0.0659. The highest BCUT2D eigenvalue weighted by Gasteiger charge is 2.30. The van der Waals surface area contributed by atoms with E-state index in [-0.39, 0.29) is 33.7 Å². The van der Waals surface area contributed by atoms with Gasteiger partial charge in [-0.25, -0.2) is 26.4 Å². The third-order valence-corrected chi connectivity index (χ3v) is 9.09. The van der Waals surface area contributed by atoms with Crippen molar-refractivity contribution >= 4 is 31.6 Å². The lowest BCUT2D eigenvalue weighted by atomic mass is 10.0. The zero-order chi connectivity index (χ0) is 24.4. The van der Waals surface area contributed by atoms with Crippen LogP contribution >= 0.6 is 0 Å². The summed E-state index contributed by atoms with van der Waals surface area (Å²) in [5, 5.41) is 12.0. The van der Waals surface area contributed by atoms with Crippen LogP contribution in [0.25, 0.3) is 0 Å². The molecule has 0 saturated carbocycles. The molecule has 11 heteroatoms. The summed E-state index contributed by atoms with van der Waals surface area (Å²) in [6, 6.07) is 9.98. The number of carboxylic acid groups (broad SMARTS) is 1. The van der Waals surface area contributed by atoms with Crippen molar-refractivity contribution in [3.63, 3.8) is 0 Å². The van der Waals surface area contributed by atoms with E-state index in [1.165, 1.54) is 29.2 Å². The van der Waals surface area contributed by atoms with E-state index in [0.717, 1.165) is 5.69 Å². The van der Waals surface area contributed by atoms with Crippen molar-refractivity contribution in [3.8, 4) is 0 Å². The molecule has 0 spiro atoms. The van der Waals surface area contributed by atoms with Gasteiger partial charge in [0.05, 0.1) is 14.7 Å². The molecule has 9 nitrogen and oxygen atoms in total. The van der Waals surface area contributed by atoms with Crippen LogP contribution in [0.4, 0.5) is 10.5 Å². The second-order valence-electron chi connectivity index (χ2n) is 8.30. The molecule has 33 heavy (non-hydrogen) atoms. The van der Waals surface area contributed by atoms with E-state index < -0.39 is 32.0 Å². The molecule has 1 heterocycles. The van der Waals surface area contributed by atoms with Crippen LogP contribution in [0.3, 0.4) is 0 Å². The summed E-state index contributed by atoms with van der Waals surface area (Å²) < 4.78 is 55.6. The summed E-state index contributed by atoms with van der Waals surface area (Å²) in [7, 11) is -6.24. The molecule has 0 bridgehead atoms. The fourth-order valence-corrected chi connectivity index (χ4v) is 6.86. The third-order valence-electron chi connectivity index (χ3n) is 5.75. The highest BCUT2D eigenvalue weighted by Crippen LogP contribution is 2.30. The molecule has 1 saturated heterocycles. The molecular formula is C22H29N3O6S2. The molecule has 1 fully saturated rings. The number of hydrogen-bond acceptors (Lipinski definition) is 6. The van der Waals surface area contributed by atoms with E-state index in [2.05, 4.69) is 10.0 Å². The van der Waals surface area contributed by atoms with Gasteiger partial charge in [0.1, 0.15) is 0 Å². The van der Waals surface area contributed by atoms with E-state index in [0.29, 0.717) is 18.4 Å². The lowest BCUT2D eigenvalue weighted by Gasteiger charge is -2.30. The van der Waals surface area contributed by atoms with Crippen LogP contribution in [0.2, 0.25) is 0 Å². The molecule has 0 aromatic heterocycles. The van der Waals surface area contributed by atoms with Gasteiger partial charge < -0.3 is 15.3 Å². The molecule has 1 amide bonds. The summed E-state index contributed by atoms with van der Waals surface area (Å²) in [5.41, 5.74) is 1.26. The first kappa shape index (κ1) is 25.0. The van der Waals surface area contributed by atoms with Gasteiger partial charge in [-0.2, -0.15) is 0 Å². The van der Waals surface area contributed by atoms with Gasteiger partial charge in [-0.3, -0.25) is 0 Å². The van der Waals surface area contributed by atoms with Gasteiger partial charge in [0.15, 0.2) is 0 Å². The Labute approximate surface area is 194 Å². The normalized spacial score (nSPS) is 15.6. The average molecular weight is 496 g/mol. The maximum atomic E-state index is 13.3. The molecule has 2 aromatic carbocycles. The van der Waals surface area contributed by atoms with Gasteiger partial charge in [-0.1, -0.05) is 19.9 Å². The van der Waals surface area contributed by atoms with E-state index >= 15 is 0 Å². The Morgan fingerprint density at radius 3 is 2.09 bits per heavy atom. The van der Waals surface area contributed by atoms with Crippen LogP contribution in [0.15, 0.2) is 57.2 Å². The Morgan fingerprint density at radius 1 is 1.00 bits per heavy atom. The van der Waals surface area contributed by atoms with Gasteiger partial charge >= 0.3 is 6.09 Å². The minimum Gasteiger partial charge on any atom is -0.465 e. The standard InChI is InChI=1S/C22H29N3O6S2/c1-15(2)20-9-8-19(32(28,29)18-6-4-16(23-3)5-7-18)14-21(20)33(30,31)24-17-10-12-25(13-11-17)22(26)27/h4-9,14-15,17,23-24H,10-13H2,1-3H3,(H,26,27). The van der Waals surface area contributed by atoms with Gasteiger partial charge in [0.25, 0.3) is 0 Å². The van der Waals surface area contributed by atoms with Gasteiger partial charge in [0.2, 0.25) is 19.9 Å². The Morgan fingerprint density at radius 2 is 1.58 bits per heavy atom. The van der Waals surface area contributed by atoms with E-state index in [1.807, 2.05) is 13.8 Å². The zero-order valence-electron chi connectivity index (χ0n) is 18.8. The van der Waals surface area contributed by atoms with E-state index in [9.17, 15) is 21.6 Å². The Bertz CT molecular complexity index is 1220. The average Bonchev–Trinajstić information content (AvgIpc) is 2.78. The topological polar surface area (TPSA) is 133 Å². The van der Waals surface area contributed by atoms with Gasteiger partial charge in [-0.05, 0) is 60.7 Å². The number of carbonyl (C=O) groups is 1. The molecule has 0 atom stereocenters. The molecule has 3 rings (SSSR count). The molecule has 3 N–H and O–H groups in total. The van der Waals surface area contributed by atoms with Crippen molar-refractivity contribution in [2.24, 2.45) is 0 Å². The van der Waals surface area contributed by atoms with Crippen LogP contribution < -0.4 is 10.0 Å². The number of nitrogens with zero attached hydrogens (tertiary/aromatic N) is 1. The summed E-state index contributed by atoms with van der Waals surface area (Å²) in [6.45, 7) is 4.14. The van der Waals surface area contributed by atoms with Crippen molar-refractivity contribution in [1.29, 1.82) is 0 Å². The van der Waals surface area contributed by atoms with Gasteiger partial charge in [0, 0.05) is 31.9 Å². The molecule has 1 aliphatic heterocycles. The van der Waals surface area contributed by atoms with Crippen LogP contribution in [0, 0.1) is 0 Å². The molecule has 0 unspecified atom stereocenters. The number of amides is 1. The number of piperidine rings is 1. The smallest absolute Gasteiger partial charge is 0.407 e. The zero-order valence-corrected chi connectivity index (χ0v) is 20.4. The lowest BCUT2D eigenvalue weighted by molar-refractivity contribution is 0.131. The monoisotopic (exact) mass is 495 g/mol. The SMILES string of the molecule is CNc1ccc(S(=O)(=O)c2ccc(C(C)C)c(S(=O)(=O)NC3CCN(C(=O)O)CC3)c2)cc1. The third kappa shape index (κ3) is 5.48. The maximum Gasteiger partial charge on any atom is 0.407 e. The van der Waals surface area contributed by atoms with Crippen molar-refractivity contribution in [2.75, 3.05) is 25.5 Å². The molecule has 0 aliphatic carbocycles. The van der Waals surface area contributed by atoms with Crippen LogP contribution in [0.1, 0.15) is 38.2 Å². The first-order valence-electron chi connectivity index (χ1n) is 10.6. The number of rotatable bonds is 7. The maximum absolute atomic E-state index is 13.3. The number of benzene rings is 2. The van der Waals surface area contributed by atoms with E-state index in [1.54, 1.807) is 25.2 Å². The summed E-state index contributed by atoms with van der Waals surface area (Å²) in [4.78, 5) is 12.2. The number of anilines is 1. The predicted molar refractivity (Wildman–Crippen MR) is 125 cm³/mol. The summed E-state index contributed by atoms with van der Waals surface area (Å²) in [6.07, 6.45) is -0.337. The Balaban J connectivity index is 1.95. The number of sulfonamides is 1. The highest BCUT2D eigenvalue weighted by molar-refractivity contribution is 7.91. The number of sulfone groups is 1. The molecule has 2 aromatic rings. The number of likely N-dealkylation sites (tertiary alicyclic amines) is 1. The second kappa shape index (κ2) is 9.70. The largest absolute Gasteiger partial charge is 0.465 e. The molecule has 180 valence electrons. The molecule has 0 radical (unpaired) electrons. The lowest BCUT2D eigenvalue weighted by Crippen LogP contribution is -2.46. The summed E-state index contributed by atoms with van der Waals surface area (Å²) in [5.74, 6) is -0.155. The first-order valence-corrected chi connectivity index (χ1v) is 13.6.